The summed E-state index contributed by atoms with van der Waals surface area (Å²) in [6.45, 7) is 0. The lowest BCUT2D eigenvalue weighted by Gasteiger charge is -2.06. The molecular formula is C11H5Cl3N. The van der Waals surface area contributed by atoms with Crippen LogP contribution in [0.15, 0.2) is 30.5 Å². The molecule has 0 aliphatic rings. The molecule has 1 radical (unpaired) electrons. The van der Waals surface area contributed by atoms with Crippen molar-refractivity contribution in [2.24, 2.45) is 0 Å². The van der Waals surface area contributed by atoms with Gasteiger partial charge in [-0.2, -0.15) is 0 Å². The van der Waals surface area contributed by atoms with Crippen LogP contribution in [-0.2, 0) is 0 Å². The molecule has 0 aliphatic heterocycles. The summed E-state index contributed by atoms with van der Waals surface area (Å²) in [6.07, 6.45) is 1.64. The summed E-state index contributed by atoms with van der Waals surface area (Å²) in [5.74, 6) is 0. The summed E-state index contributed by atoms with van der Waals surface area (Å²) in [5.41, 5.74) is 1.19. The predicted octanol–water partition coefficient (Wildman–Crippen LogP) is 4.51. The van der Waals surface area contributed by atoms with Crippen molar-refractivity contribution < 1.29 is 0 Å². The van der Waals surface area contributed by atoms with Crippen LogP contribution in [0.5, 0.6) is 0 Å². The van der Waals surface area contributed by atoms with E-state index in [2.05, 4.69) is 11.1 Å². The Morgan fingerprint density at radius 3 is 2.53 bits per heavy atom. The fourth-order valence-corrected chi connectivity index (χ4v) is 2.00. The largest absolute Gasteiger partial charge is 0.255 e. The van der Waals surface area contributed by atoms with E-state index in [0.29, 0.717) is 26.3 Å². The minimum atomic E-state index is 0.420. The zero-order valence-electron chi connectivity index (χ0n) is 7.47. The van der Waals surface area contributed by atoms with Crippen LogP contribution in [0.25, 0.3) is 11.3 Å². The Hall–Kier alpha value is -0.760. The van der Waals surface area contributed by atoms with E-state index in [1.165, 1.54) is 0 Å². The second-order valence-electron chi connectivity index (χ2n) is 2.85. The monoisotopic (exact) mass is 256 g/mol. The first-order chi connectivity index (χ1) is 7.20. The van der Waals surface area contributed by atoms with Crippen molar-refractivity contribution in [2.75, 3.05) is 0 Å². The minimum Gasteiger partial charge on any atom is -0.255 e. The van der Waals surface area contributed by atoms with Gasteiger partial charge in [0.15, 0.2) is 0 Å². The van der Waals surface area contributed by atoms with E-state index in [1.54, 1.807) is 30.5 Å². The van der Waals surface area contributed by atoms with E-state index < -0.39 is 0 Å². The maximum atomic E-state index is 6.03. The summed E-state index contributed by atoms with van der Waals surface area (Å²) in [6, 6.07) is 9.70. The van der Waals surface area contributed by atoms with Crippen LogP contribution >= 0.6 is 34.8 Å². The molecular weight excluding hydrogens is 252 g/mol. The highest BCUT2D eigenvalue weighted by atomic mass is 35.5. The van der Waals surface area contributed by atoms with E-state index in [-0.39, 0.29) is 0 Å². The van der Waals surface area contributed by atoms with Gasteiger partial charge in [0.1, 0.15) is 0 Å². The predicted molar refractivity (Wildman–Crippen MR) is 63.5 cm³/mol. The molecule has 4 heteroatoms. The molecule has 0 fully saturated rings. The van der Waals surface area contributed by atoms with Gasteiger partial charge in [-0.05, 0) is 18.2 Å². The molecule has 2 rings (SSSR count). The molecule has 0 unspecified atom stereocenters. The summed E-state index contributed by atoms with van der Waals surface area (Å²) in [4.78, 5) is 4.15. The van der Waals surface area contributed by atoms with Gasteiger partial charge in [0.05, 0.1) is 20.8 Å². The van der Waals surface area contributed by atoms with Crippen LogP contribution in [-0.4, -0.2) is 4.98 Å². The average Bonchev–Trinajstić information content (AvgIpc) is 2.20. The van der Waals surface area contributed by atoms with Crippen molar-refractivity contribution in [1.82, 2.24) is 4.98 Å². The van der Waals surface area contributed by atoms with E-state index in [1.807, 2.05) is 0 Å². The van der Waals surface area contributed by atoms with Gasteiger partial charge in [0.2, 0.25) is 0 Å². The first-order valence-electron chi connectivity index (χ1n) is 4.16. The Labute approximate surface area is 103 Å². The maximum Gasteiger partial charge on any atom is 0.0918 e. The van der Waals surface area contributed by atoms with E-state index in [9.17, 15) is 0 Å². The SMILES string of the molecule is Clc1[c]ccc(Cl)c1-c1ncccc1Cl. The molecule has 0 saturated heterocycles. The lowest BCUT2D eigenvalue weighted by atomic mass is 10.1. The van der Waals surface area contributed by atoms with Crippen LogP contribution in [0.3, 0.4) is 0 Å². The summed E-state index contributed by atoms with van der Waals surface area (Å²) >= 11 is 18.0. The van der Waals surface area contributed by atoms with Gasteiger partial charge >= 0.3 is 0 Å². The molecule has 0 aliphatic carbocycles. The molecule has 2 aromatic rings. The average molecular weight is 258 g/mol. The molecule has 0 amide bonds. The van der Waals surface area contributed by atoms with Crippen molar-refractivity contribution in [2.45, 2.75) is 0 Å². The van der Waals surface area contributed by atoms with E-state index >= 15 is 0 Å². The van der Waals surface area contributed by atoms with E-state index in [4.69, 9.17) is 34.8 Å². The van der Waals surface area contributed by atoms with Gasteiger partial charge in [-0.1, -0.05) is 40.9 Å². The van der Waals surface area contributed by atoms with Crippen LogP contribution in [0.1, 0.15) is 0 Å². The quantitative estimate of drug-likeness (QED) is 0.732. The van der Waals surface area contributed by atoms with Gasteiger partial charge < -0.3 is 0 Å². The highest BCUT2D eigenvalue weighted by Crippen LogP contribution is 2.36. The Kier molecular flexibility index (Phi) is 3.15. The third-order valence-corrected chi connectivity index (χ3v) is 2.81. The number of halogens is 3. The zero-order chi connectivity index (χ0) is 10.8. The van der Waals surface area contributed by atoms with Crippen molar-refractivity contribution in [3.8, 4) is 11.3 Å². The van der Waals surface area contributed by atoms with Crippen molar-refractivity contribution >= 4 is 34.8 Å². The molecule has 15 heavy (non-hydrogen) atoms. The normalized spacial score (nSPS) is 10.3. The fraction of sp³-hybridized carbons (Fsp3) is 0. The standard InChI is InChI=1S/C11H5Cl3N/c12-7-3-1-4-8(13)10(7)11-9(14)5-2-6-15-11/h1-3,5-6H. The second kappa shape index (κ2) is 4.40. The number of hydrogen-bond donors (Lipinski definition) is 0. The smallest absolute Gasteiger partial charge is 0.0918 e. The summed E-state index contributed by atoms with van der Waals surface area (Å²) in [5, 5.41) is 1.45. The lowest BCUT2D eigenvalue weighted by molar-refractivity contribution is 1.33. The number of benzene rings is 1. The molecule has 0 N–H and O–H groups in total. The highest BCUT2D eigenvalue weighted by molar-refractivity contribution is 6.40. The first kappa shape index (κ1) is 10.7. The summed E-state index contributed by atoms with van der Waals surface area (Å²) in [7, 11) is 0. The van der Waals surface area contributed by atoms with Crippen LogP contribution in [0.4, 0.5) is 0 Å². The van der Waals surface area contributed by atoms with Crippen molar-refractivity contribution in [3.05, 3.63) is 51.6 Å². The topological polar surface area (TPSA) is 12.9 Å². The fourth-order valence-electron chi connectivity index (χ4n) is 1.24. The van der Waals surface area contributed by atoms with Gasteiger partial charge in [0, 0.05) is 17.8 Å². The molecule has 0 spiro atoms. The third kappa shape index (κ3) is 2.10. The van der Waals surface area contributed by atoms with E-state index in [0.717, 1.165) is 0 Å². The maximum absolute atomic E-state index is 6.03. The first-order valence-corrected chi connectivity index (χ1v) is 5.30. The molecule has 1 heterocycles. The Balaban J connectivity index is 2.69. The van der Waals surface area contributed by atoms with Gasteiger partial charge in [-0.25, -0.2) is 0 Å². The van der Waals surface area contributed by atoms with Gasteiger partial charge in [-0.15, -0.1) is 0 Å². The number of nitrogens with zero attached hydrogens (tertiary/aromatic N) is 1. The molecule has 1 nitrogen and oxygen atoms in total. The molecule has 0 bridgehead atoms. The number of hydrogen-bond acceptors (Lipinski definition) is 1. The Morgan fingerprint density at radius 1 is 1.07 bits per heavy atom. The number of pyridine rings is 1. The highest BCUT2D eigenvalue weighted by Gasteiger charge is 2.12. The van der Waals surface area contributed by atoms with Gasteiger partial charge in [0.25, 0.3) is 0 Å². The molecule has 1 aromatic heterocycles. The van der Waals surface area contributed by atoms with Gasteiger partial charge in [-0.3, -0.25) is 4.98 Å². The number of rotatable bonds is 1. The molecule has 0 saturated carbocycles. The minimum absolute atomic E-state index is 0.420. The second-order valence-corrected chi connectivity index (χ2v) is 4.04. The summed E-state index contributed by atoms with van der Waals surface area (Å²) < 4.78 is 0. The van der Waals surface area contributed by atoms with Crippen LogP contribution in [0.2, 0.25) is 15.1 Å². The molecule has 0 atom stereocenters. The molecule has 1 aromatic carbocycles. The lowest BCUT2D eigenvalue weighted by Crippen LogP contribution is -1.86. The Morgan fingerprint density at radius 2 is 1.87 bits per heavy atom. The van der Waals surface area contributed by atoms with Crippen LogP contribution < -0.4 is 0 Å². The number of aromatic nitrogens is 1. The third-order valence-electron chi connectivity index (χ3n) is 1.89. The van der Waals surface area contributed by atoms with Crippen molar-refractivity contribution in [3.63, 3.8) is 0 Å². The Bertz CT molecular complexity index is 477. The zero-order valence-corrected chi connectivity index (χ0v) is 9.74. The van der Waals surface area contributed by atoms with Crippen LogP contribution in [0, 0.1) is 6.07 Å². The van der Waals surface area contributed by atoms with Crippen molar-refractivity contribution in [1.29, 1.82) is 0 Å². The molecule has 75 valence electrons.